The third kappa shape index (κ3) is 9.58. The number of rotatable bonds is 16. The number of halogens is 3. The number of ether oxygens (including phenoxy) is 3. The largest absolute Gasteiger partial charge is 0.493 e. The van der Waals surface area contributed by atoms with Gasteiger partial charge in [0.05, 0.1) is 42.0 Å². The highest BCUT2D eigenvalue weighted by Gasteiger charge is 2.47. The van der Waals surface area contributed by atoms with Crippen molar-refractivity contribution in [1.82, 2.24) is 30.4 Å². The predicted octanol–water partition coefficient (Wildman–Crippen LogP) is 4.32. The zero-order chi connectivity index (χ0) is 45.4. The first kappa shape index (κ1) is 44.1. The Morgan fingerprint density at radius 3 is 2.49 bits per heavy atom. The van der Waals surface area contributed by atoms with Crippen molar-refractivity contribution >= 4 is 57.9 Å². The monoisotopic (exact) mass is 874 g/mol. The molecule has 20 heteroatoms. The van der Waals surface area contributed by atoms with Crippen molar-refractivity contribution in [2.24, 2.45) is 5.41 Å². The molecule has 3 aliphatic rings. The third-order valence-electron chi connectivity index (χ3n) is 11.2. The number of alkyl halides is 3. The number of hydrogen-bond donors (Lipinski definition) is 4. The summed E-state index contributed by atoms with van der Waals surface area (Å²) in [7, 11) is 3.15. The second-order valence-corrected chi connectivity index (χ2v) is 15.9. The van der Waals surface area contributed by atoms with Gasteiger partial charge >= 0.3 is 6.18 Å². The van der Waals surface area contributed by atoms with Gasteiger partial charge in [-0.15, -0.1) is 0 Å². The summed E-state index contributed by atoms with van der Waals surface area (Å²) in [5.74, 6) is -1.99. The minimum absolute atomic E-state index is 0.00552. The average molecular weight is 875 g/mol. The first-order valence-electron chi connectivity index (χ1n) is 20.1. The maximum Gasteiger partial charge on any atom is 0.416 e. The molecule has 3 aromatic carbocycles. The molecule has 2 aliphatic heterocycles. The van der Waals surface area contributed by atoms with Crippen molar-refractivity contribution in [2.45, 2.75) is 64.2 Å². The smallest absolute Gasteiger partial charge is 0.416 e. The zero-order valence-electron chi connectivity index (χ0n) is 34.8. The molecule has 17 nitrogen and oxygen atoms in total. The SMILES string of the molecule is COc1cc2nc(C)nc(N[C@H](C)c3cc(N)cc(C(F)(F)F)c3)c2cc1OCC1(CN(C)C(=O)CCNC(=O)COc2cccc3c2C(=O)N(C2CCC(=O)NC2=O)C3=O)CC1. The Morgan fingerprint density at radius 2 is 1.79 bits per heavy atom. The molecule has 0 bridgehead atoms. The lowest BCUT2D eigenvalue weighted by molar-refractivity contribution is -0.138. The van der Waals surface area contributed by atoms with E-state index in [1.807, 2.05) is 0 Å². The van der Waals surface area contributed by atoms with Crippen LogP contribution in [0.15, 0.2) is 48.5 Å². The highest BCUT2D eigenvalue weighted by atomic mass is 19.4. The first-order valence-corrected chi connectivity index (χ1v) is 20.1. The van der Waals surface area contributed by atoms with Gasteiger partial charge in [0.15, 0.2) is 18.1 Å². The summed E-state index contributed by atoms with van der Waals surface area (Å²) in [6.45, 7) is 3.47. The van der Waals surface area contributed by atoms with Gasteiger partial charge in [-0.3, -0.25) is 39.0 Å². The molecule has 0 spiro atoms. The number of nitrogen functional groups attached to an aromatic ring is 1. The number of anilines is 2. The van der Waals surface area contributed by atoms with Crippen LogP contribution in [0.1, 0.15) is 82.7 Å². The number of nitrogens with one attached hydrogen (secondary N) is 3. The maximum atomic E-state index is 13.5. The van der Waals surface area contributed by atoms with Gasteiger partial charge in [0.25, 0.3) is 17.7 Å². The standard InChI is InChI=1S/C43H45F3N8O9/c1-22(24-14-25(43(44,45)46)16-26(47)15-24)49-38-28-17-33(32(61-4)18-29(28)50-23(2)51-38)63-21-42(11-12-42)20-53(3)36(57)10-13-48-35(56)19-62-31-7-5-6-27-37(31)41(60)54(40(27)59)30-8-9-34(55)52-39(30)58/h5-7,14-18,22,30H,8-13,19-21,47H2,1-4H3,(H,48,56)(H,49,50,51)(H,52,55,58)/t22-,30?/m1/s1. The fraction of sp³-hybridized carbons (Fsp3) is 0.395. The number of aromatic nitrogens is 2. The lowest BCUT2D eigenvalue weighted by Gasteiger charge is -2.27. The molecule has 2 atom stereocenters. The van der Waals surface area contributed by atoms with E-state index in [0.29, 0.717) is 46.2 Å². The summed E-state index contributed by atoms with van der Waals surface area (Å²) in [5, 5.41) is 8.52. The summed E-state index contributed by atoms with van der Waals surface area (Å²) in [6.07, 6.45) is -3.07. The van der Waals surface area contributed by atoms with Crippen molar-refractivity contribution in [1.29, 1.82) is 0 Å². The van der Waals surface area contributed by atoms with Crippen LogP contribution in [0.3, 0.4) is 0 Å². The molecule has 1 aromatic heterocycles. The van der Waals surface area contributed by atoms with Crippen LogP contribution in [-0.4, -0.2) is 102 Å². The summed E-state index contributed by atoms with van der Waals surface area (Å²) >= 11 is 0. The van der Waals surface area contributed by atoms with Crippen LogP contribution in [0.25, 0.3) is 10.9 Å². The second-order valence-electron chi connectivity index (χ2n) is 15.9. The first-order chi connectivity index (χ1) is 29.9. The molecule has 7 rings (SSSR count). The van der Waals surface area contributed by atoms with Gasteiger partial charge in [-0.2, -0.15) is 13.2 Å². The minimum atomic E-state index is -4.57. The van der Waals surface area contributed by atoms with Crippen molar-refractivity contribution in [2.75, 3.05) is 51.5 Å². The van der Waals surface area contributed by atoms with Crippen LogP contribution in [0.4, 0.5) is 24.7 Å². The van der Waals surface area contributed by atoms with Gasteiger partial charge in [-0.25, -0.2) is 9.97 Å². The van der Waals surface area contributed by atoms with E-state index in [-0.39, 0.29) is 66.3 Å². The lowest BCUT2D eigenvalue weighted by Crippen LogP contribution is -2.54. The van der Waals surface area contributed by atoms with E-state index in [4.69, 9.17) is 19.9 Å². The number of aryl methyl sites for hydroxylation is 1. The highest BCUT2D eigenvalue weighted by molar-refractivity contribution is 6.24. The minimum Gasteiger partial charge on any atom is -0.493 e. The number of methoxy groups -OCH3 is 1. The molecule has 4 aromatic rings. The maximum absolute atomic E-state index is 13.5. The van der Waals surface area contributed by atoms with Gasteiger partial charge in [-0.05, 0) is 75.1 Å². The number of carbonyl (C=O) groups excluding carboxylic acids is 6. The lowest BCUT2D eigenvalue weighted by atomic mass is 10.0. The number of piperidine rings is 1. The number of amides is 6. The molecule has 3 heterocycles. The summed E-state index contributed by atoms with van der Waals surface area (Å²) in [6, 6.07) is 9.33. The molecule has 5 N–H and O–H groups in total. The Labute approximate surface area is 358 Å². The van der Waals surface area contributed by atoms with Crippen LogP contribution < -0.4 is 35.9 Å². The van der Waals surface area contributed by atoms with Gasteiger partial charge in [0, 0.05) is 55.5 Å². The van der Waals surface area contributed by atoms with E-state index in [1.165, 1.54) is 31.4 Å². The molecular formula is C43H45F3N8O9. The van der Waals surface area contributed by atoms with Gasteiger partial charge < -0.3 is 35.5 Å². The normalized spacial score (nSPS) is 17.2. The molecular weight excluding hydrogens is 830 g/mol. The van der Waals surface area contributed by atoms with E-state index in [0.717, 1.165) is 29.9 Å². The van der Waals surface area contributed by atoms with Crippen molar-refractivity contribution in [3.05, 3.63) is 76.6 Å². The fourth-order valence-electron chi connectivity index (χ4n) is 7.66. The number of hydrogen-bond acceptors (Lipinski definition) is 13. The van der Waals surface area contributed by atoms with Crippen LogP contribution in [-0.2, 0) is 25.4 Å². The number of imide groups is 2. The highest BCUT2D eigenvalue weighted by Crippen LogP contribution is 2.47. The van der Waals surface area contributed by atoms with E-state index < -0.39 is 60.0 Å². The fourth-order valence-corrected chi connectivity index (χ4v) is 7.66. The molecule has 0 radical (unpaired) electrons. The van der Waals surface area contributed by atoms with E-state index in [9.17, 15) is 41.9 Å². The van der Waals surface area contributed by atoms with Gasteiger partial charge in [0.2, 0.25) is 17.7 Å². The van der Waals surface area contributed by atoms with Crippen molar-refractivity contribution in [3.63, 3.8) is 0 Å². The molecule has 6 amide bonds. The van der Waals surface area contributed by atoms with Crippen LogP contribution in [0, 0.1) is 12.3 Å². The molecule has 2 fully saturated rings. The average Bonchev–Trinajstić information content (AvgIpc) is 3.95. The molecule has 1 unspecified atom stereocenters. The van der Waals surface area contributed by atoms with Crippen LogP contribution >= 0.6 is 0 Å². The Bertz CT molecular complexity index is 2530. The third-order valence-corrected chi connectivity index (χ3v) is 11.2. The predicted molar refractivity (Wildman–Crippen MR) is 220 cm³/mol. The topological polar surface area (TPSA) is 224 Å². The Kier molecular flexibility index (Phi) is 12.2. The van der Waals surface area contributed by atoms with E-state index in [1.54, 1.807) is 37.9 Å². The van der Waals surface area contributed by atoms with Crippen molar-refractivity contribution < 1.29 is 56.1 Å². The number of benzene rings is 3. The zero-order valence-corrected chi connectivity index (χ0v) is 34.8. The van der Waals surface area contributed by atoms with Gasteiger partial charge in [-0.1, -0.05) is 6.07 Å². The molecule has 1 aliphatic carbocycles. The summed E-state index contributed by atoms with van der Waals surface area (Å²) < 4.78 is 58.2. The molecule has 1 saturated heterocycles. The Balaban J connectivity index is 0.919. The van der Waals surface area contributed by atoms with E-state index in [2.05, 4.69) is 25.9 Å². The molecule has 332 valence electrons. The van der Waals surface area contributed by atoms with Crippen molar-refractivity contribution in [3.8, 4) is 17.2 Å². The summed E-state index contributed by atoms with van der Waals surface area (Å²) in [5.41, 5.74) is 5.33. The Hall–Kier alpha value is -6.99. The number of carbonyl (C=O) groups is 6. The van der Waals surface area contributed by atoms with Crippen LogP contribution in [0.2, 0.25) is 0 Å². The molecule has 63 heavy (non-hydrogen) atoms. The van der Waals surface area contributed by atoms with Crippen LogP contribution in [0.5, 0.6) is 17.2 Å². The molecule has 1 saturated carbocycles. The van der Waals surface area contributed by atoms with Gasteiger partial charge in [0.1, 0.15) is 23.4 Å². The Morgan fingerprint density at radius 1 is 1.03 bits per heavy atom. The van der Waals surface area contributed by atoms with E-state index >= 15 is 0 Å². The quantitative estimate of drug-likeness (QED) is 0.0911. The second kappa shape index (κ2) is 17.4. The summed E-state index contributed by atoms with van der Waals surface area (Å²) in [4.78, 5) is 87.7. The number of fused-ring (bicyclic) bond motifs is 2. The number of nitrogens with two attached hydrogens (primary N) is 1. The number of nitrogens with zero attached hydrogens (tertiary/aromatic N) is 4.